The molecule has 0 atom stereocenters. The molecule has 86 valence electrons. The zero-order chi connectivity index (χ0) is 11.4. The lowest BCUT2D eigenvalue weighted by Gasteiger charge is -2.01. The van der Waals surface area contributed by atoms with Gasteiger partial charge in [0.2, 0.25) is 0 Å². The molecule has 0 saturated heterocycles. The molecule has 0 unspecified atom stereocenters. The van der Waals surface area contributed by atoms with E-state index in [0.29, 0.717) is 5.75 Å². The van der Waals surface area contributed by atoms with Gasteiger partial charge in [-0.1, -0.05) is 63.0 Å². The van der Waals surface area contributed by atoms with Crippen LogP contribution in [0.25, 0.3) is 0 Å². The number of rotatable bonds is 8. The van der Waals surface area contributed by atoms with E-state index >= 15 is 0 Å². The summed E-state index contributed by atoms with van der Waals surface area (Å²) in [5.41, 5.74) is 0. The summed E-state index contributed by atoms with van der Waals surface area (Å²) >= 11 is 8.32. The van der Waals surface area contributed by atoms with Crippen LogP contribution in [0.2, 0.25) is 0 Å². The van der Waals surface area contributed by atoms with Crippen LogP contribution in [-0.2, 0) is 0 Å². The van der Waals surface area contributed by atoms with Gasteiger partial charge in [0.1, 0.15) is 3.53 Å². The van der Waals surface area contributed by atoms with Gasteiger partial charge in [0.25, 0.3) is 0 Å². The number of unbranched alkanes of at least 4 members (excludes halogenated alkanes) is 5. The SMILES string of the molecule is CCCCCCCCSC(=S)SCC#N. The molecule has 0 aromatic carbocycles. The van der Waals surface area contributed by atoms with Crippen LogP contribution in [0.5, 0.6) is 0 Å². The van der Waals surface area contributed by atoms with Crippen molar-refractivity contribution in [3.8, 4) is 6.07 Å². The topological polar surface area (TPSA) is 23.8 Å². The van der Waals surface area contributed by atoms with Gasteiger partial charge >= 0.3 is 0 Å². The fourth-order valence-electron chi connectivity index (χ4n) is 1.17. The van der Waals surface area contributed by atoms with Crippen molar-refractivity contribution >= 4 is 39.3 Å². The third-order valence-corrected chi connectivity index (χ3v) is 4.62. The van der Waals surface area contributed by atoms with Crippen LogP contribution in [-0.4, -0.2) is 15.0 Å². The summed E-state index contributed by atoms with van der Waals surface area (Å²) < 4.78 is 0.921. The lowest BCUT2D eigenvalue weighted by Crippen LogP contribution is -1.87. The van der Waals surface area contributed by atoms with E-state index in [2.05, 4.69) is 13.0 Å². The van der Waals surface area contributed by atoms with Crippen molar-refractivity contribution in [2.45, 2.75) is 45.4 Å². The first-order valence-electron chi connectivity index (χ1n) is 5.47. The molecule has 0 N–H and O–H groups in total. The number of nitrogens with zero attached hydrogens (tertiary/aromatic N) is 1. The van der Waals surface area contributed by atoms with Gasteiger partial charge in [0, 0.05) is 0 Å². The average molecular weight is 261 g/mol. The number of thiocarbonyl (C=S) groups is 1. The van der Waals surface area contributed by atoms with Gasteiger partial charge in [-0.25, -0.2) is 0 Å². The number of thioether (sulfide) groups is 2. The molecular weight excluding hydrogens is 242 g/mol. The van der Waals surface area contributed by atoms with Crippen molar-refractivity contribution in [3.05, 3.63) is 0 Å². The molecule has 0 spiro atoms. The van der Waals surface area contributed by atoms with E-state index in [1.54, 1.807) is 11.8 Å². The van der Waals surface area contributed by atoms with E-state index in [1.807, 2.05) is 0 Å². The molecule has 1 nitrogen and oxygen atoms in total. The molecule has 0 aliphatic rings. The Morgan fingerprint density at radius 1 is 1.13 bits per heavy atom. The minimum absolute atomic E-state index is 0.488. The van der Waals surface area contributed by atoms with Gasteiger partial charge in [-0.3, -0.25) is 0 Å². The lowest BCUT2D eigenvalue weighted by atomic mass is 10.1. The molecule has 0 heterocycles. The van der Waals surface area contributed by atoms with E-state index in [9.17, 15) is 0 Å². The summed E-state index contributed by atoms with van der Waals surface area (Å²) in [5, 5.41) is 8.37. The highest BCUT2D eigenvalue weighted by Crippen LogP contribution is 2.18. The molecule has 15 heavy (non-hydrogen) atoms. The Bertz CT molecular complexity index is 198. The van der Waals surface area contributed by atoms with E-state index in [4.69, 9.17) is 17.5 Å². The predicted molar refractivity (Wildman–Crippen MR) is 76.5 cm³/mol. The molecule has 0 bridgehead atoms. The summed E-state index contributed by atoms with van der Waals surface area (Å²) in [4.78, 5) is 0. The average Bonchev–Trinajstić information content (AvgIpc) is 2.25. The van der Waals surface area contributed by atoms with Crippen molar-refractivity contribution in [3.63, 3.8) is 0 Å². The van der Waals surface area contributed by atoms with Crippen LogP contribution in [0.3, 0.4) is 0 Å². The second kappa shape index (κ2) is 12.4. The number of hydrogen-bond acceptors (Lipinski definition) is 4. The molecule has 0 aliphatic heterocycles. The summed E-state index contributed by atoms with van der Waals surface area (Å²) in [6.07, 6.45) is 7.97. The van der Waals surface area contributed by atoms with Crippen molar-refractivity contribution < 1.29 is 0 Å². The fraction of sp³-hybridized carbons (Fsp3) is 0.818. The Kier molecular flexibility index (Phi) is 12.6. The van der Waals surface area contributed by atoms with E-state index < -0.39 is 0 Å². The molecule has 0 aromatic rings. The maximum absolute atomic E-state index is 8.37. The number of nitriles is 1. The van der Waals surface area contributed by atoms with Gasteiger partial charge in [0.05, 0.1) is 11.8 Å². The first-order valence-corrected chi connectivity index (χ1v) is 7.85. The minimum atomic E-state index is 0.488. The van der Waals surface area contributed by atoms with Crippen LogP contribution in [0.1, 0.15) is 45.4 Å². The van der Waals surface area contributed by atoms with E-state index in [1.165, 1.54) is 50.3 Å². The highest BCUT2D eigenvalue weighted by molar-refractivity contribution is 8.47. The summed E-state index contributed by atoms with van der Waals surface area (Å²) in [5.74, 6) is 1.60. The summed E-state index contributed by atoms with van der Waals surface area (Å²) in [6.45, 7) is 2.24. The largest absolute Gasteiger partial charge is 0.197 e. The zero-order valence-electron chi connectivity index (χ0n) is 9.33. The maximum Gasteiger partial charge on any atom is 0.105 e. The Hall–Kier alpha value is 0.280. The molecule has 0 aliphatic carbocycles. The van der Waals surface area contributed by atoms with Crippen LogP contribution in [0.15, 0.2) is 0 Å². The molecule has 0 fully saturated rings. The van der Waals surface area contributed by atoms with Crippen LogP contribution >= 0.6 is 35.7 Å². The zero-order valence-corrected chi connectivity index (χ0v) is 11.8. The normalized spacial score (nSPS) is 9.87. The van der Waals surface area contributed by atoms with Crippen LogP contribution in [0.4, 0.5) is 0 Å². The standard InChI is InChI=1S/C11H19NS3/c1-2-3-4-5-6-7-9-14-11(13)15-10-8-12/h2-7,9-10H2,1H3. The first-order chi connectivity index (χ1) is 7.31. The van der Waals surface area contributed by atoms with Crippen molar-refractivity contribution in [2.75, 3.05) is 11.5 Å². The van der Waals surface area contributed by atoms with Crippen LogP contribution < -0.4 is 0 Å². The second-order valence-electron chi connectivity index (χ2n) is 3.31. The first kappa shape index (κ1) is 15.3. The molecule has 0 radical (unpaired) electrons. The maximum atomic E-state index is 8.37. The molecule has 0 saturated carbocycles. The van der Waals surface area contributed by atoms with Gasteiger partial charge in [0.15, 0.2) is 0 Å². The fourth-order valence-corrected chi connectivity index (χ4v) is 3.06. The quantitative estimate of drug-likeness (QED) is 0.470. The van der Waals surface area contributed by atoms with Crippen molar-refractivity contribution in [1.82, 2.24) is 0 Å². The molecule has 0 rings (SSSR count). The third kappa shape index (κ3) is 12.2. The van der Waals surface area contributed by atoms with Gasteiger partial charge in [-0.2, -0.15) is 5.26 Å². The smallest absolute Gasteiger partial charge is 0.105 e. The number of hydrogen-bond donors (Lipinski definition) is 0. The van der Waals surface area contributed by atoms with Crippen molar-refractivity contribution in [1.29, 1.82) is 5.26 Å². The summed E-state index contributed by atoms with van der Waals surface area (Å²) in [6, 6.07) is 2.09. The Balaban J connectivity index is 3.10. The highest BCUT2D eigenvalue weighted by Gasteiger charge is 1.98. The predicted octanol–water partition coefficient (Wildman–Crippen LogP) is 4.62. The summed E-state index contributed by atoms with van der Waals surface area (Å²) in [7, 11) is 0. The Labute approximate surface area is 107 Å². The minimum Gasteiger partial charge on any atom is -0.197 e. The van der Waals surface area contributed by atoms with Crippen LogP contribution in [0, 0.1) is 11.3 Å². The second-order valence-corrected chi connectivity index (χ2v) is 6.59. The highest BCUT2D eigenvalue weighted by atomic mass is 32.2. The van der Waals surface area contributed by atoms with E-state index in [0.717, 1.165) is 9.28 Å². The van der Waals surface area contributed by atoms with Gasteiger partial charge in [-0.15, -0.1) is 11.8 Å². The van der Waals surface area contributed by atoms with Gasteiger partial charge < -0.3 is 0 Å². The Morgan fingerprint density at radius 3 is 2.47 bits per heavy atom. The van der Waals surface area contributed by atoms with E-state index in [-0.39, 0.29) is 0 Å². The third-order valence-electron chi connectivity index (χ3n) is 1.97. The molecular formula is C11H19NS3. The van der Waals surface area contributed by atoms with Crippen molar-refractivity contribution in [2.24, 2.45) is 0 Å². The molecule has 4 heteroatoms. The monoisotopic (exact) mass is 261 g/mol. The van der Waals surface area contributed by atoms with Gasteiger partial charge in [-0.05, 0) is 12.2 Å². The molecule has 0 aromatic heterocycles. The molecule has 0 amide bonds. The lowest BCUT2D eigenvalue weighted by molar-refractivity contribution is 0.627. The Morgan fingerprint density at radius 2 is 1.80 bits per heavy atom.